The van der Waals surface area contributed by atoms with Crippen molar-refractivity contribution < 1.29 is 10.0 Å². The van der Waals surface area contributed by atoms with Gasteiger partial charge in [0, 0.05) is 12.0 Å². The van der Waals surface area contributed by atoms with Crippen molar-refractivity contribution in [2.45, 2.75) is 59.4 Å². The molecule has 0 unspecified atom stereocenters. The van der Waals surface area contributed by atoms with Gasteiger partial charge in [-0.05, 0) is 23.7 Å². The van der Waals surface area contributed by atoms with Gasteiger partial charge in [-0.1, -0.05) is 45.7 Å². The van der Waals surface area contributed by atoms with Gasteiger partial charge in [0.25, 0.3) is 0 Å². The Morgan fingerprint density at radius 1 is 1.25 bits per heavy atom. The Labute approximate surface area is 121 Å². The van der Waals surface area contributed by atoms with Crippen LogP contribution in [0.25, 0.3) is 0 Å². The molecule has 1 amide bonds. The zero-order valence-corrected chi connectivity index (χ0v) is 13.0. The van der Waals surface area contributed by atoms with Crippen LogP contribution in [-0.2, 0) is 4.79 Å². The molecular formula is C15H27N3O2. The average Bonchev–Trinajstić information content (AvgIpc) is 2.80. The fourth-order valence-electron chi connectivity index (χ4n) is 3.79. The van der Waals surface area contributed by atoms with Gasteiger partial charge in [0.05, 0.1) is 6.54 Å². The lowest BCUT2D eigenvalue weighted by Gasteiger charge is -2.29. The third-order valence-electron chi connectivity index (χ3n) is 5.78. The standard InChI is InChI=1S/C15H27N3O2/c1-14(2)12(15(14,3)4)13(19)18(9-11(16)17-20)10-7-5-6-8-10/h10,12,20H,5-9H2,1-4H3,(H2,16,17). The van der Waals surface area contributed by atoms with Gasteiger partial charge >= 0.3 is 0 Å². The second-order valence-corrected chi connectivity index (χ2v) is 7.37. The molecule has 5 heteroatoms. The van der Waals surface area contributed by atoms with Crippen molar-refractivity contribution in [3.8, 4) is 0 Å². The van der Waals surface area contributed by atoms with E-state index < -0.39 is 0 Å². The molecule has 5 nitrogen and oxygen atoms in total. The van der Waals surface area contributed by atoms with Gasteiger partial charge in [-0.2, -0.15) is 0 Å². The van der Waals surface area contributed by atoms with E-state index in [1.165, 1.54) is 0 Å². The Bertz CT molecular complexity index is 409. The van der Waals surface area contributed by atoms with Crippen LogP contribution in [0.3, 0.4) is 0 Å². The molecule has 0 bridgehead atoms. The monoisotopic (exact) mass is 281 g/mol. The first-order chi connectivity index (χ1) is 9.23. The number of hydrogen-bond donors (Lipinski definition) is 2. The van der Waals surface area contributed by atoms with Gasteiger partial charge in [0.1, 0.15) is 0 Å². The van der Waals surface area contributed by atoms with E-state index in [1.54, 1.807) is 0 Å². The van der Waals surface area contributed by atoms with Crippen LogP contribution in [0, 0.1) is 16.7 Å². The Morgan fingerprint density at radius 3 is 2.15 bits per heavy atom. The quantitative estimate of drug-likeness (QED) is 0.359. The molecule has 0 aromatic carbocycles. The van der Waals surface area contributed by atoms with Crippen molar-refractivity contribution in [2.75, 3.05) is 6.54 Å². The normalized spacial score (nSPS) is 25.7. The molecule has 0 heterocycles. The van der Waals surface area contributed by atoms with Crippen molar-refractivity contribution in [1.29, 1.82) is 0 Å². The number of rotatable bonds is 4. The molecule has 2 saturated carbocycles. The highest BCUT2D eigenvalue weighted by atomic mass is 16.4. The Kier molecular flexibility index (Phi) is 3.73. The van der Waals surface area contributed by atoms with Crippen molar-refractivity contribution in [3.05, 3.63) is 0 Å². The van der Waals surface area contributed by atoms with E-state index in [-0.39, 0.29) is 41.1 Å². The second-order valence-electron chi connectivity index (χ2n) is 7.37. The first-order valence-corrected chi connectivity index (χ1v) is 7.50. The molecule has 2 rings (SSSR count). The van der Waals surface area contributed by atoms with Gasteiger partial charge in [-0.3, -0.25) is 4.79 Å². The van der Waals surface area contributed by atoms with Gasteiger partial charge in [-0.25, -0.2) is 0 Å². The molecule has 20 heavy (non-hydrogen) atoms. The second kappa shape index (κ2) is 4.93. The third kappa shape index (κ3) is 2.27. The van der Waals surface area contributed by atoms with E-state index in [1.807, 2.05) is 4.90 Å². The summed E-state index contributed by atoms with van der Waals surface area (Å²) in [5, 5.41) is 11.8. The van der Waals surface area contributed by atoms with Crippen LogP contribution < -0.4 is 5.73 Å². The molecule has 0 saturated heterocycles. The van der Waals surface area contributed by atoms with E-state index in [0.717, 1.165) is 25.7 Å². The van der Waals surface area contributed by atoms with Crippen molar-refractivity contribution in [2.24, 2.45) is 27.6 Å². The summed E-state index contributed by atoms with van der Waals surface area (Å²) in [5.41, 5.74) is 5.68. The molecule has 0 aliphatic heterocycles. The minimum Gasteiger partial charge on any atom is -0.409 e. The maximum absolute atomic E-state index is 12.9. The number of oxime groups is 1. The molecule has 2 aliphatic carbocycles. The lowest BCUT2D eigenvalue weighted by atomic mass is 10.0. The summed E-state index contributed by atoms with van der Waals surface area (Å²) >= 11 is 0. The molecule has 0 aromatic rings. The van der Waals surface area contributed by atoms with Crippen LogP contribution in [0.5, 0.6) is 0 Å². The predicted molar refractivity (Wildman–Crippen MR) is 78.4 cm³/mol. The van der Waals surface area contributed by atoms with Crippen LogP contribution in [0.4, 0.5) is 0 Å². The number of amidine groups is 1. The number of carbonyl (C=O) groups excluding carboxylic acids is 1. The number of nitrogens with zero attached hydrogens (tertiary/aromatic N) is 2. The highest BCUT2D eigenvalue weighted by molar-refractivity contribution is 5.90. The lowest BCUT2D eigenvalue weighted by Crippen LogP contribution is -2.45. The molecule has 2 fully saturated rings. The van der Waals surface area contributed by atoms with Crippen LogP contribution in [-0.4, -0.2) is 34.4 Å². The molecule has 0 radical (unpaired) electrons. The van der Waals surface area contributed by atoms with Crippen molar-refractivity contribution in [1.82, 2.24) is 4.90 Å². The zero-order chi connectivity index (χ0) is 15.1. The third-order valence-corrected chi connectivity index (χ3v) is 5.78. The molecule has 0 aromatic heterocycles. The van der Waals surface area contributed by atoms with Crippen LogP contribution in [0.15, 0.2) is 5.16 Å². The predicted octanol–water partition coefficient (Wildman–Crippen LogP) is 2.19. The molecule has 114 valence electrons. The maximum Gasteiger partial charge on any atom is 0.227 e. The lowest BCUT2D eigenvalue weighted by molar-refractivity contribution is -0.135. The van der Waals surface area contributed by atoms with Gasteiger partial charge in [0.2, 0.25) is 5.91 Å². The summed E-state index contributed by atoms with van der Waals surface area (Å²) < 4.78 is 0. The highest BCUT2D eigenvalue weighted by Gasteiger charge is 2.69. The zero-order valence-electron chi connectivity index (χ0n) is 13.0. The van der Waals surface area contributed by atoms with E-state index in [9.17, 15) is 4.79 Å². The number of hydrogen-bond acceptors (Lipinski definition) is 3. The maximum atomic E-state index is 12.9. The Balaban J connectivity index is 2.17. The van der Waals surface area contributed by atoms with Crippen LogP contribution >= 0.6 is 0 Å². The topological polar surface area (TPSA) is 78.9 Å². The molecule has 3 N–H and O–H groups in total. The minimum atomic E-state index is 0.0199. The molecule has 0 spiro atoms. The highest BCUT2D eigenvalue weighted by Crippen LogP contribution is 2.68. The number of carbonyl (C=O) groups is 1. The van der Waals surface area contributed by atoms with Crippen LogP contribution in [0.2, 0.25) is 0 Å². The Hall–Kier alpha value is -1.26. The number of nitrogens with two attached hydrogens (primary N) is 1. The summed E-state index contributed by atoms with van der Waals surface area (Å²) in [6.07, 6.45) is 4.36. The Morgan fingerprint density at radius 2 is 1.75 bits per heavy atom. The van der Waals surface area contributed by atoms with Gasteiger partial charge < -0.3 is 15.8 Å². The fourth-order valence-corrected chi connectivity index (χ4v) is 3.79. The summed E-state index contributed by atoms with van der Waals surface area (Å²) in [6, 6.07) is 0.245. The largest absolute Gasteiger partial charge is 0.409 e. The fraction of sp³-hybridized carbons (Fsp3) is 0.867. The first-order valence-electron chi connectivity index (χ1n) is 7.50. The van der Waals surface area contributed by atoms with E-state index in [0.29, 0.717) is 0 Å². The van der Waals surface area contributed by atoms with Gasteiger partial charge in [-0.15, -0.1) is 0 Å². The van der Waals surface area contributed by atoms with E-state index >= 15 is 0 Å². The van der Waals surface area contributed by atoms with E-state index in [4.69, 9.17) is 10.9 Å². The summed E-state index contributed by atoms with van der Waals surface area (Å²) in [6.45, 7) is 8.82. The average molecular weight is 281 g/mol. The smallest absolute Gasteiger partial charge is 0.227 e. The SMILES string of the molecule is CC1(C)C(C(=O)N(CC(N)=NO)C2CCCC2)C1(C)C. The summed E-state index contributed by atoms with van der Waals surface area (Å²) in [4.78, 5) is 14.8. The summed E-state index contributed by atoms with van der Waals surface area (Å²) in [5.74, 6) is 0.308. The molecule has 2 aliphatic rings. The van der Waals surface area contributed by atoms with Crippen molar-refractivity contribution >= 4 is 11.7 Å². The van der Waals surface area contributed by atoms with Gasteiger partial charge in [0.15, 0.2) is 5.84 Å². The van der Waals surface area contributed by atoms with Crippen LogP contribution in [0.1, 0.15) is 53.4 Å². The summed E-state index contributed by atoms with van der Waals surface area (Å²) in [7, 11) is 0. The minimum absolute atomic E-state index is 0.0199. The van der Waals surface area contributed by atoms with Crippen molar-refractivity contribution in [3.63, 3.8) is 0 Å². The molecular weight excluding hydrogens is 254 g/mol. The molecule has 0 atom stereocenters. The van der Waals surface area contributed by atoms with E-state index in [2.05, 4.69) is 32.9 Å². The number of amides is 1. The first kappa shape index (κ1) is 15.1.